The molecule has 2 aromatic heterocycles. The number of benzene rings is 1. The second-order valence-corrected chi connectivity index (χ2v) is 3.66. The van der Waals surface area contributed by atoms with Crippen molar-refractivity contribution >= 4 is 11.0 Å². The second kappa shape index (κ2) is 3.10. The van der Waals surface area contributed by atoms with Crippen molar-refractivity contribution in [3.63, 3.8) is 0 Å². The Morgan fingerprint density at radius 3 is 2.94 bits per heavy atom. The SMILES string of the molecule is Cn1ccc(-c2nc3ccc(O)cc3[nH]2)n1. The zero-order valence-electron chi connectivity index (χ0n) is 8.68. The molecular formula is C11H10N4O. The summed E-state index contributed by atoms with van der Waals surface area (Å²) in [5, 5.41) is 13.6. The highest BCUT2D eigenvalue weighted by atomic mass is 16.3. The summed E-state index contributed by atoms with van der Waals surface area (Å²) in [4.78, 5) is 7.51. The molecule has 0 amide bonds. The number of rotatable bonds is 1. The minimum absolute atomic E-state index is 0.226. The van der Waals surface area contributed by atoms with Crippen molar-refractivity contribution < 1.29 is 5.11 Å². The summed E-state index contributed by atoms with van der Waals surface area (Å²) in [5.41, 5.74) is 2.41. The van der Waals surface area contributed by atoms with Gasteiger partial charge in [-0.25, -0.2) is 4.98 Å². The number of hydrogen-bond donors (Lipinski definition) is 2. The lowest BCUT2D eigenvalue weighted by atomic mass is 10.3. The van der Waals surface area contributed by atoms with Gasteiger partial charge in [-0.3, -0.25) is 4.68 Å². The lowest BCUT2D eigenvalue weighted by Crippen LogP contribution is -1.88. The topological polar surface area (TPSA) is 66.7 Å². The third-order valence-electron chi connectivity index (χ3n) is 2.42. The van der Waals surface area contributed by atoms with Crippen LogP contribution in [0.2, 0.25) is 0 Å². The summed E-state index contributed by atoms with van der Waals surface area (Å²) >= 11 is 0. The minimum Gasteiger partial charge on any atom is -0.508 e. The average Bonchev–Trinajstić information content (AvgIpc) is 2.83. The predicted molar refractivity (Wildman–Crippen MR) is 60.0 cm³/mol. The number of nitrogens with zero attached hydrogens (tertiary/aromatic N) is 3. The Morgan fingerprint density at radius 2 is 2.19 bits per heavy atom. The second-order valence-electron chi connectivity index (χ2n) is 3.66. The van der Waals surface area contributed by atoms with Crippen LogP contribution in [0.3, 0.4) is 0 Å². The van der Waals surface area contributed by atoms with Crippen molar-refractivity contribution in [1.29, 1.82) is 0 Å². The normalized spacial score (nSPS) is 11.1. The number of aromatic nitrogens is 4. The molecule has 0 aliphatic heterocycles. The Morgan fingerprint density at radius 1 is 1.31 bits per heavy atom. The van der Waals surface area contributed by atoms with Gasteiger partial charge in [-0.15, -0.1) is 0 Å². The van der Waals surface area contributed by atoms with E-state index in [2.05, 4.69) is 15.1 Å². The molecule has 1 aromatic carbocycles. The largest absolute Gasteiger partial charge is 0.508 e. The molecular weight excluding hydrogens is 204 g/mol. The molecule has 0 aliphatic carbocycles. The molecule has 0 unspecified atom stereocenters. The highest BCUT2D eigenvalue weighted by molar-refractivity contribution is 5.79. The highest BCUT2D eigenvalue weighted by Gasteiger charge is 2.07. The molecule has 3 rings (SSSR count). The van der Waals surface area contributed by atoms with Gasteiger partial charge in [0.05, 0.1) is 11.0 Å². The first-order chi connectivity index (χ1) is 7.72. The van der Waals surface area contributed by atoms with Gasteiger partial charge in [0.15, 0.2) is 5.82 Å². The Hall–Kier alpha value is -2.30. The molecule has 0 aliphatic rings. The Labute approximate surface area is 91.4 Å². The van der Waals surface area contributed by atoms with Crippen molar-refractivity contribution in [1.82, 2.24) is 19.7 Å². The lowest BCUT2D eigenvalue weighted by molar-refractivity contribution is 0.476. The maximum absolute atomic E-state index is 9.35. The number of fused-ring (bicyclic) bond motifs is 1. The van der Waals surface area contributed by atoms with Crippen LogP contribution in [0.1, 0.15) is 0 Å². The van der Waals surface area contributed by atoms with Gasteiger partial charge in [-0.1, -0.05) is 0 Å². The summed E-state index contributed by atoms with van der Waals surface area (Å²) in [6, 6.07) is 6.92. The van der Waals surface area contributed by atoms with E-state index in [4.69, 9.17) is 0 Å². The first-order valence-corrected chi connectivity index (χ1v) is 4.91. The van der Waals surface area contributed by atoms with Gasteiger partial charge in [-0.05, 0) is 18.2 Å². The van der Waals surface area contributed by atoms with E-state index in [-0.39, 0.29) is 5.75 Å². The van der Waals surface area contributed by atoms with Crippen LogP contribution in [-0.4, -0.2) is 24.9 Å². The van der Waals surface area contributed by atoms with Crippen molar-refractivity contribution in [3.8, 4) is 17.3 Å². The van der Waals surface area contributed by atoms with Gasteiger partial charge in [0.1, 0.15) is 11.4 Å². The Balaban J connectivity index is 2.18. The first-order valence-electron chi connectivity index (χ1n) is 4.91. The van der Waals surface area contributed by atoms with Gasteiger partial charge < -0.3 is 10.1 Å². The van der Waals surface area contributed by atoms with Crippen LogP contribution in [-0.2, 0) is 7.05 Å². The van der Waals surface area contributed by atoms with Crippen molar-refractivity contribution in [2.24, 2.45) is 7.05 Å². The van der Waals surface area contributed by atoms with E-state index in [9.17, 15) is 5.11 Å². The average molecular weight is 214 g/mol. The van der Waals surface area contributed by atoms with E-state index in [0.717, 1.165) is 16.7 Å². The van der Waals surface area contributed by atoms with Crippen LogP contribution in [0.4, 0.5) is 0 Å². The summed E-state index contributed by atoms with van der Waals surface area (Å²) in [6.45, 7) is 0. The number of hydrogen-bond acceptors (Lipinski definition) is 3. The van der Waals surface area contributed by atoms with E-state index < -0.39 is 0 Å². The smallest absolute Gasteiger partial charge is 0.159 e. The lowest BCUT2D eigenvalue weighted by Gasteiger charge is -1.88. The summed E-state index contributed by atoms with van der Waals surface area (Å²) in [5.74, 6) is 0.935. The van der Waals surface area contributed by atoms with Gasteiger partial charge in [0, 0.05) is 19.3 Å². The van der Waals surface area contributed by atoms with Crippen LogP contribution in [0.25, 0.3) is 22.6 Å². The van der Waals surface area contributed by atoms with Crippen molar-refractivity contribution in [3.05, 3.63) is 30.5 Å². The van der Waals surface area contributed by atoms with Crippen LogP contribution in [0.15, 0.2) is 30.5 Å². The molecule has 0 bridgehead atoms. The summed E-state index contributed by atoms with van der Waals surface area (Å²) in [6.07, 6.45) is 1.86. The fourth-order valence-electron chi connectivity index (χ4n) is 1.66. The highest BCUT2D eigenvalue weighted by Crippen LogP contribution is 2.21. The molecule has 5 nitrogen and oxygen atoms in total. The number of aryl methyl sites for hydroxylation is 1. The molecule has 0 spiro atoms. The van der Waals surface area contributed by atoms with E-state index in [1.165, 1.54) is 0 Å². The van der Waals surface area contributed by atoms with Crippen LogP contribution >= 0.6 is 0 Å². The standard InChI is InChI=1S/C11H10N4O/c1-15-5-4-9(14-15)11-12-8-3-2-7(16)6-10(8)13-11/h2-6,16H,1H3,(H,12,13). The monoisotopic (exact) mass is 214 g/mol. The van der Waals surface area contributed by atoms with E-state index in [1.807, 2.05) is 19.3 Å². The van der Waals surface area contributed by atoms with Crippen molar-refractivity contribution in [2.45, 2.75) is 0 Å². The number of imidazole rings is 1. The van der Waals surface area contributed by atoms with Gasteiger partial charge in [0.2, 0.25) is 0 Å². The molecule has 0 radical (unpaired) electrons. The fourth-order valence-corrected chi connectivity index (χ4v) is 1.66. The molecule has 0 saturated heterocycles. The van der Waals surface area contributed by atoms with Crippen LogP contribution < -0.4 is 0 Å². The summed E-state index contributed by atoms with van der Waals surface area (Å²) < 4.78 is 1.72. The van der Waals surface area contributed by atoms with Crippen molar-refractivity contribution in [2.75, 3.05) is 0 Å². The molecule has 2 N–H and O–H groups in total. The quantitative estimate of drug-likeness (QED) is 0.647. The molecule has 0 saturated carbocycles. The Bertz CT molecular complexity index is 653. The van der Waals surface area contributed by atoms with Gasteiger partial charge >= 0.3 is 0 Å². The molecule has 0 atom stereocenters. The van der Waals surface area contributed by atoms with E-state index >= 15 is 0 Å². The number of aromatic amines is 1. The van der Waals surface area contributed by atoms with E-state index in [0.29, 0.717) is 5.82 Å². The van der Waals surface area contributed by atoms with E-state index in [1.54, 1.807) is 22.9 Å². The van der Waals surface area contributed by atoms with Gasteiger partial charge in [-0.2, -0.15) is 5.10 Å². The van der Waals surface area contributed by atoms with Gasteiger partial charge in [0.25, 0.3) is 0 Å². The zero-order chi connectivity index (χ0) is 11.1. The molecule has 5 heteroatoms. The molecule has 80 valence electrons. The third-order valence-corrected chi connectivity index (χ3v) is 2.42. The Kier molecular flexibility index (Phi) is 1.73. The molecule has 16 heavy (non-hydrogen) atoms. The number of phenolic OH excluding ortho intramolecular Hbond substituents is 1. The summed E-state index contributed by atoms with van der Waals surface area (Å²) in [7, 11) is 1.86. The predicted octanol–water partition coefficient (Wildman–Crippen LogP) is 1.67. The number of H-pyrrole nitrogens is 1. The third kappa shape index (κ3) is 1.33. The molecule has 0 fully saturated rings. The number of aromatic hydroxyl groups is 1. The molecule has 3 aromatic rings. The van der Waals surface area contributed by atoms with Crippen LogP contribution in [0.5, 0.6) is 5.75 Å². The minimum atomic E-state index is 0.226. The maximum atomic E-state index is 9.35. The van der Waals surface area contributed by atoms with Crippen LogP contribution in [0, 0.1) is 0 Å². The maximum Gasteiger partial charge on any atom is 0.159 e. The fraction of sp³-hybridized carbons (Fsp3) is 0.0909. The first kappa shape index (κ1) is 8.96. The number of phenols is 1. The number of nitrogens with one attached hydrogen (secondary N) is 1. The molecule has 2 heterocycles. The zero-order valence-corrected chi connectivity index (χ0v) is 8.68.